The number of anilines is 1. The standard InChI is InChI=1S/C12H20N4O/c1-4-5-10-6-11(15-8-14-10)13-7-12(17)16-9(2)3/h6,8-9H,4-5,7H2,1-3H3,(H,16,17)(H,13,14,15). The van der Waals surface area contributed by atoms with E-state index in [1.165, 1.54) is 6.33 Å². The van der Waals surface area contributed by atoms with Gasteiger partial charge in [0.05, 0.1) is 6.54 Å². The topological polar surface area (TPSA) is 66.9 Å². The molecule has 0 aliphatic heterocycles. The number of amides is 1. The Hall–Kier alpha value is -1.65. The Balaban J connectivity index is 2.45. The Morgan fingerprint density at radius 2 is 2.18 bits per heavy atom. The molecule has 0 saturated heterocycles. The number of hydrogen-bond donors (Lipinski definition) is 2. The first kappa shape index (κ1) is 13.4. The summed E-state index contributed by atoms with van der Waals surface area (Å²) in [6.45, 7) is 6.20. The molecule has 0 fully saturated rings. The molecule has 1 amide bonds. The van der Waals surface area contributed by atoms with Gasteiger partial charge in [0.2, 0.25) is 5.91 Å². The molecule has 0 bridgehead atoms. The van der Waals surface area contributed by atoms with Crippen LogP contribution in [0.1, 0.15) is 32.9 Å². The highest BCUT2D eigenvalue weighted by molar-refractivity contribution is 5.80. The fourth-order valence-electron chi connectivity index (χ4n) is 1.43. The minimum Gasteiger partial charge on any atom is -0.361 e. The summed E-state index contributed by atoms with van der Waals surface area (Å²) in [4.78, 5) is 19.6. The second-order valence-electron chi connectivity index (χ2n) is 4.22. The summed E-state index contributed by atoms with van der Waals surface area (Å²) >= 11 is 0. The Bertz CT molecular complexity index is 365. The molecule has 0 spiro atoms. The predicted octanol–water partition coefficient (Wildman–Crippen LogP) is 1.37. The lowest BCUT2D eigenvalue weighted by Gasteiger charge is -2.09. The van der Waals surface area contributed by atoms with Crippen LogP contribution in [-0.2, 0) is 11.2 Å². The largest absolute Gasteiger partial charge is 0.361 e. The molecule has 5 heteroatoms. The molecule has 94 valence electrons. The number of rotatable bonds is 6. The molecule has 0 aliphatic rings. The van der Waals surface area contributed by atoms with Crippen molar-refractivity contribution in [1.82, 2.24) is 15.3 Å². The van der Waals surface area contributed by atoms with Crippen LogP contribution in [0.2, 0.25) is 0 Å². The molecule has 1 rings (SSSR count). The Morgan fingerprint density at radius 3 is 2.82 bits per heavy atom. The number of nitrogens with zero attached hydrogens (tertiary/aromatic N) is 2. The molecular formula is C12H20N4O. The molecule has 1 heterocycles. The van der Waals surface area contributed by atoms with Gasteiger partial charge in [-0.1, -0.05) is 13.3 Å². The number of hydrogen-bond acceptors (Lipinski definition) is 4. The molecule has 0 aliphatic carbocycles. The molecule has 1 aromatic heterocycles. The van der Waals surface area contributed by atoms with E-state index in [1.807, 2.05) is 19.9 Å². The molecule has 1 aromatic rings. The zero-order valence-corrected chi connectivity index (χ0v) is 10.7. The van der Waals surface area contributed by atoms with Gasteiger partial charge < -0.3 is 10.6 Å². The molecule has 0 atom stereocenters. The average molecular weight is 236 g/mol. The highest BCUT2D eigenvalue weighted by Gasteiger charge is 2.03. The van der Waals surface area contributed by atoms with Crippen molar-refractivity contribution in [1.29, 1.82) is 0 Å². The number of carbonyl (C=O) groups excluding carboxylic acids is 1. The van der Waals surface area contributed by atoms with Gasteiger partial charge in [-0.3, -0.25) is 4.79 Å². The number of aromatic nitrogens is 2. The summed E-state index contributed by atoms with van der Waals surface area (Å²) in [6.07, 6.45) is 3.49. The number of aryl methyl sites for hydroxylation is 1. The quantitative estimate of drug-likeness (QED) is 0.782. The van der Waals surface area contributed by atoms with Crippen LogP contribution in [0.3, 0.4) is 0 Å². The fraction of sp³-hybridized carbons (Fsp3) is 0.583. The van der Waals surface area contributed by atoms with Crippen molar-refractivity contribution in [3.63, 3.8) is 0 Å². The van der Waals surface area contributed by atoms with Crippen LogP contribution in [-0.4, -0.2) is 28.5 Å². The average Bonchev–Trinajstić information content (AvgIpc) is 2.26. The molecule has 17 heavy (non-hydrogen) atoms. The normalized spacial score (nSPS) is 10.4. The summed E-state index contributed by atoms with van der Waals surface area (Å²) in [7, 11) is 0. The van der Waals surface area contributed by atoms with Gasteiger partial charge in [-0.15, -0.1) is 0 Å². The van der Waals surface area contributed by atoms with E-state index < -0.39 is 0 Å². The monoisotopic (exact) mass is 236 g/mol. The van der Waals surface area contributed by atoms with E-state index in [4.69, 9.17) is 0 Å². The molecule has 5 nitrogen and oxygen atoms in total. The Kier molecular flexibility index (Phi) is 5.39. The first-order valence-corrected chi connectivity index (χ1v) is 5.96. The second kappa shape index (κ2) is 6.83. The first-order chi connectivity index (χ1) is 8.11. The van der Waals surface area contributed by atoms with Crippen molar-refractivity contribution in [3.8, 4) is 0 Å². The SMILES string of the molecule is CCCc1cc(NCC(=O)NC(C)C)ncn1. The van der Waals surface area contributed by atoms with Gasteiger partial charge in [-0.25, -0.2) is 9.97 Å². The van der Waals surface area contributed by atoms with E-state index in [0.29, 0.717) is 5.82 Å². The van der Waals surface area contributed by atoms with E-state index in [-0.39, 0.29) is 18.5 Å². The lowest BCUT2D eigenvalue weighted by atomic mass is 10.2. The van der Waals surface area contributed by atoms with Crippen molar-refractivity contribution < 1.29 is 4.79 Å². The van der Waals surface area contributed by atoms with Gasteiger partial charge in [0.1, 0.15) is 12.1 Å². The van der Waals surface area contributed by atoms with Gasteiger partial charge in [-0.05, 0) is 20.3 Å². The lowest BCUT2D eigenvalue weighted by Crippen LogP contribution is -2.34. The second-order valence-corrected chi connectivity index (χ2v) is 4.22. The maximum atomic E-state index is 11.4. The van der Waals surface area contributed by atoms with Gasteiger partial charge in [-0.2, -0.15) is 0 Å². The Morgan fingerprint density at radius 1 is 1.41 bits per heavy atom. The lowest BCUT2D eigenvalue weighted by molar-refractivity contribution is -0.119. The zero-order chi connectivity index (χ0) is 12.7. The van der Waals surface area contributed by atoms with E-state index in [9.17, 15) is 4.79 Å². The zero-order valence-electron chi connectivity index (χ0n) is 10.7. The highest BCUT2D eigenvalue weighted by Crippen LogP contribution is 2.05. The molecule has 0 aromatic carbocycles. The summed E-state index contributed by atoms with van der Waals surface area (Å²) in [5, 5.41) is 5.79. The highest BCUT2D eigenvalue weighted by atomic mass is 16.1. The van der Waals surface area contributed by atoms with Gasteiger partial charge in [0.15, 0.2) is 0 Å². The number of nitrogens with one attached hydrogen (secondary N) is 2. The van der Waals surface area contributed by atoms with Crippen molar-refractivity contribution >= 4 is 11.7 Å². The summed E-state index contributed by atoms with van der Waals surface area (Å²) in [5.41, 5.74) is 0.995. The minimum absolute atomic E-state index is 0.0318. The fourth-order valence-corrected chi connectivity index (χ4v) is 1.43. The maximum absolute atomic E-state index is 11.4. The van der Waals surface area contributed by atoms with Gasteiger partial charge in [0.25, 0.3) is 0 Å². The van der Waals surface area contributed by atoms with Crippen LogP contribution in [0.4, 0.5) is 5.82 Å². The van der Waals surface area contributed by atoms with E-state index >= 15 is 0 Å². The van der Waals surface area contributed by atoms with Crippen molar-refractivity contribution in [2.75, 3.05) is 11.9 Å². The third kappa shape index (κ3) is 5.29. The van der Waals surface area contributed by atoms with E-state index in [0.717, 1.165) is 18.5 Å². The third-order valence-corrected chi connectivity index (χ3v) is 2.11. The summed E-state index contributed by atoms with van der Waals surface area (Å²) in [6, 6.07) is 2.04. The van der Waals surface area contributed by atoms with Gasteiger partial charge in [0, 0.05) is 17.8 Å². The molecular weight excluding hydrogens is 216 g/mol. The smallest absolute Gasteiger partial charge is 0.239 e. The first-order valence-electron chi connectivity index (χ1n) is 5.96. The van der Waals surface area contributed by atoms with E-state index in [2.05, 4.69) is 27.5 Å². The van der Waals surface area contributed by atoms with Crippen LogP contribution in [0.5, 0.6) is 0 Å². The van der Waals surface area contributed by atoms with Crippen LogP contribution in [0, 0.1) is 0 Å². The van der Waals surface area contributed by atoms with Crippen molar-refractivity contribution in [2.45, 2.75) is 39.7 Å². The molecule has 0 saturated carbocycles. The Labute approximate surface area is 102 Å². The minimum atomic E-state index is -0.0318. The maximum Gasteiger partial charge on any atom is 0.239 e. The van der Waals surface area contributed by atoms with Crippen molar-refractivity contribution in [2.24, 2.45) is 0 Å². The molecule has 0 unspecified atom stereocenters. The third-order valence-electron chi connectivity index (χ3n) is 2.11. The number of carbonyl (C=O) groups is 1. The summed E-state index contributed by atoms with van der Waals surface area (Å²) in [5.74, 6) is 0.665. The van der Waals surface area contributed by atoms with Gasteiger partial charge >= 0.3 is 0 Å². The molecule has 0 radical (unpaired) electrons. The molecule has 2 N–H and O–H groups in total. The predicted molar refractivity (Wildman–Crippen MR) is 67.8 cm³/mol. The van der Waals surface area contributed by atoms with Crippen LogP contribution in [0.15, 0.2) is 12.4 Å². The van der Waals surface area contributed by atoms with E-state index in [1.54, 1.807) is 0 Å². The van der Waals surface area contributed by atoms with Crippen LogP contribution < -0.4 is 10.6 Å². The van der Waals surface area contributed by atoms with Crippen LogP contribution in [0.25, 0.3) is 0 Å². The van der Waals surface area contributed by atoms with Crippen molar-refractivity contribution in [3.05, 3.63) is 18.1 Å². The van der Waals surface area contributed by atoms with Crippen LogP contribution >= 0.6 is 0 Å². The summed E-state index contributed by atoms with van der Waals surface area (Å²) < 4.78 is 0.